The van der Waals surface area contributed by atoms with E-state index in [4.69, 9.17) is 4.42 Å². The standard InChI is InChI=1S/C25H24N4O4S/c1-17-7-2-3-12-22(17)29-23-13-5-11-21(23)24(28-29)25(30)27-18-8-4-10-20(15-18)34(31,32)26-16-19-9-6-14-33-19/h2-4,6-10,12,14-15,26H,5,11,13,16H2,1H3,(H,27,30). The van der Waals surface area contributed by atoms with E-state index in [2.05, 4.69) is 15.1 Å². The van der Waals surface area contributed by atoms with Gasteiger partial charge in [-0.2, -0.15) is 5.10 Å². The number of carbonyl (C=O) groups is 1. The highest BCUT2D eigenvalue weighted by molar-refractivity contribution is 7.89. The van der Waals surface area contributed by atoms with Gasteiger partial charge in [0.05, 0.1) is 23.4 Å². The van der Waals surface area contributed by atoms with Crippen molar-refractivity contribution in [1.82, 2.24) is 14.5 Å². The number of sulfonamides is 1. The van der Waals surface area contributed by atoms with Gasteiger partial charge in [0.2, 0.25) is 10.0 Å². The molecule has 0 aliphatic heterocycles. The Morgan fingerprint density at radius 2 is 1.94 bits per heavy atom. The maximum absolute atomic E-state index is 13.2. The molecule has 0 fully saturated rings. The van der Waals surface area contributed by atoms with Crippen LogP contribution in [0.15, 0.2) is 76.2 Å². The topological polar surface area (TPSA) is 106 Å². The molecule has 0 saturated carbocycles. The molecule has 0 spiro atoms. The maximum atomic E-state index is 13.2. The molecular weight excluding hydrogens is 452 g/mol. The first-order valence-electron chi connectivity index (χ1n) is 11.0. The van der Waals surface area contributed by atoms with E-state index in [0.717, 1.165) is 41.8 Å². The van der Waals surface area contributed by atoms with Gasteiger partial charge >= 0.3 is 0 Å². The highest BCUT2D eigenvalue weighted by atomic mass is 32.2. The van der Waals surface area contributed by atoms with E-state index in [0.29, 0.717) is 17.1 Å². The van der Waals surface area contributed by atoms with Crippen molar-refractivity contribution in [2.45, 2.75) is 37.6 Å². The molecule has 9 heteroatoms. The molecule has 2 N–H and O–H groups in total. The zero-order valence-electron chi connectivity index (χ0n) is 18.6. The molecule has 2 aromatic heterocycles. The van der Waals surface area contributed by atoms with Crippen LogP contribution in [-0.4, -0.2) is 24.1 Å². The summed E-state index contributed by atoms with van der Waals surface area (Å²) in [6.07, 6.45) is 4.10. The van der Waals surface area contributed by atoms with Gasteiger partial charge in [-0.25, -0.2) is 17.8 Å². The van der Waals surface area contributed by atoms with Crippen molar-refractivity contribution >= 4 is 21.6 Å². The van der Waals surface area contributed by atoms with E-state index in [1.54, 1.807) is 24.3 Å². The number of furan rings is 1. The number of nitrogens with zero attached hydrogens (tertiary/aromatic N) is 2. The van der Waals surface area contributed by atoms with E-state index in [9.17, 15) is 13.2 Å². The fraction of sp³-hybridized carbons (Fsp3) is 0.200. The monoisotopic (exact) mass is 476 g/mol. The number of hydrogen-bond donors (Lipinski definition) is 2. The van der Waals surface area contributed by atoms with Crippen LogP contribution in [0.3, 0.4) is 0 Å². The van der Waals surface area contributed by atoms with Gasteiger partial charge in [-0.3, -0.25) is 4.79 Å². The van der Waals surface area contributed by atoms with Crippen LogP contribution in [0.4, 0.5) is 5.69 Å². The Kier molecular flexibility index (Phi) is 5.80. The molecule has 174 valence electrons. The number of para-hydroxylation sites is 1. The summed E-state index contributed by atoms with van der Waals surface area (Å²) in [5, 5.41) is 7.48. The average molecular weight is 477 g/mol. The summed E-state index contributed by atoms with van der Waals surface area (Å²) in [4.78, 5) is 13.2. The Hall–Kier alpha value is -3.69. The van der Waals surface area contributed by atoms with Crippen molar-refractivity contribution in [1.29, 1.82) is 0 Å². The van der Waals surface area contributed by atoms with Crippen molar-refractivity contribution in [2.24, 2.45) is 0 Å². The number of benzene rings is 2. The van der Waals surface area contributed by atoms with Crippen molar-refractivity contribution in [2.75, 3.05) is 5.32 Å². The predicted molar refractivity (Wildman–Crippen MR) is 127 cm³/mol. The number of fused-ring (bicyclic) bond motifs is 1. The molecule has 0 unspecified atom stereocenters. The molecule has 1 aliphatic carbocycles. The zero-order valence-corrected chi connectivity index (χ0v) is 19.4. The van der Waals surface area contributed by atoms with E-state index < -0.39 is 10.0 Å². The molecule has 2 aromatic carbocycles. The van der Waals surface area contributed by atoms with Gasteiger partial charge in [-0.1, -0.05) is 24.3 Å². The molecule has 1 aliphatic rings. The molecule has 0 bridgehead atoms. The lowest BCUT2D eigenvalue weighted by Crippen LogP contribution is -2.23. The Morgan fingerprint density at radius 1 is 1.09 bits per heavy atom. The summed E-state index contributed by atoms with van der Waals surface area (Å²) >= 11 is 0. The predicted octanol–water partition coefficient (Wildman–Crippen LogP) is 3.99. The fourth-order valence-electron chi connectivity index (χ4n) is 4.21. The van der Waals surface area contributed by atoms with E-state index in [1.165, 1.54) is 18.4 Å². The highest BCUT2D eigenvalue weighted by Crippen LogP contribution is 2.29. The number of hydrogen-bond acceptors (Lipinski definition) is 5. The Balaban J connectivity index is 1.38. The third-order valence-corrected chi connectivity index (χ3v) is 7.31. The molecule has 4 aromatic rings. The van der Waals surface area contributed by atoms with Crippen LogP contribution in [0.1, 0.15) is 39.5 Å². The highest BCUT2D eigenvalue weighted by Gasteiger charge is 2.27. The molecule has 5 rings (SSSR count). The summed E-state index contributed by atoms with van der Waals surface area (Å²) in [6.45, 7) is 2.05. The number of anilines is 1. The largest absolute Gasteiger partial charge is 0.468 e. The van der Waals surface area contributed by atoms with Gasteiger partial charge in [-0.15, -0.1) is 0 Å². The summed E-state index contributed by atoms with van der Waals surface area (Å²) in [5.74, 6) is 0.148. The van der Waals surface area contributed by atoms with Gasteiger partial charge < -0.3 is 9.73 Å². The first kappa shape index (κ1) is 22.1. The van der Waals surface area contributed by atoms with Crippen LogP contribution >= 0.6 is 0 Å². The van der Waals surface area contributed by atoms with Crippen molar-refractivity contribution in [3.8, 4) is 5.69 Å². The lowest BCUT2D eigenvalue weighted by atomic mass is 10.1. The van der Waals surface area contributed by atoms with Crippen LogP contribution in [0, 0.1) is 6.92 Å². The number of aryl methyl sites for hydroxylation is 1. The number of aromatic nitrogens is 2. The van der Waals surface area contributed by atoms with Gasteiger partial charge in [0.15, 0.2) is 5.69 Å². The van der Waals surface area contributed by atoms with Crippen LogP contribution < -0.4 is 10.0 Å². The van der Waals surface area contributed by atoms with Crippen LogP contribution in [0.5, 0.6) is 0 Å². The number of amides is 1. The van der Waals surface area contributed by atoms with E-state index in [1.807, 2.05) is 35.9 Å². The smallest absolute Gasteiger partial charge is 0.276 e. The second kappa shape index (κ2) is 8.92. The van der Waals surface area contributed by atoms with Gasteiger partial charge in [0.1, 0.15) is 5.76 Å². The fourth-order valence-corrected chi connectivity index (χ4v) is 5.25. The maximum Gasteiger partial charge on any atom is 0.276 e. The summed E-state index contributed by atoms with van der Waals surface area (Å²) in [5.41, 5.74) is 4.78. The summed E-state index contributed by atoms with van der Waals surface area (Å²) < 4.78 is 34.9. The van der Waals surface area contributed by atoms with Crippen LogP contribution in [0.25, 0.3) is 5.69 Å². The first-order valence-corrected chi connectivity index (χ1v) is 12.5. The van der Waals surface area contributed by atoms with Crippen LogP contribution in [0.2, 0.25) is 0 Å². The Bertz CT molecular complexity index is 1460. The van der Waals surface area contributed by atoms with Crippen molar-refractivity contribution < 1.29 is 17.6 Å². The first-order chi connectivity index (χ1) is 16.4. The average Bonchev–Trinajstić information content (AvgIpc) is 3.57. The Labute approximate surface area is 197 Å². The van der Waals surface area contributed by atoms with Gasteiger partial charge in [0.25, 0.3) is 5.91 Å². The molecule has 2 heterocycles. The lowest BCUT2D eigenvalue weighted by molar-refractivity contribution is 0.102. The number of carbonyl (C=O) groups excluding carboxylic acids is 1. The molecule has 0 saturated heterocycles. The van der Waals surface area contributed by atoms with Crippen molar-refractivity contribution in [3.05, 3.63) is 95.2 Å². The molecule has 0 radical (unpaired) electrons. The SMILES string of the molecule is Cc1ccccc1-n1nc(C(=O)Nc2cccc(S(=O)(=O)NCc3ccco3)c2)c2c1CCC2. The van der Waals surface area contributed by atoms with Gasteiger partial charge in [0, 0.05) is 16.9 Å². The Morgan fingerprint density at radius 3 is 2.74 bits per heavy atom. The minimum absolute atomic E-state index is 0.0361. The minimum Gasteiger partial charge on any atom is -0.468 e. The molecule has 0 atom stereocenters. The molecule has 34 heavy (non-hydrogen) atoms. The molecular formula is C25H24N4O4S. The number of nitrogens with one attached hydrogen (secondary N) is 2. The third-order valence-electron chi connectivity index (χ3n) is 5.91. The summed E-state index contributed by atoms with van der Waals surface area (Å²) in [7, 11) is -3.79. The summed E-state index contributed by atoms with van der Waals surface area (Å²) in [6, 6.07) is 17.5. The lowest BCUT2D eigenvalue weighted by Gasteiger charge is -2.09. The minimum atomic E-state index is -3.79. The van der Waals surface area contributed by atoms with Crippen molar-refractivity contribution in [3.63, 3.8) is 0 Å². The molecule has 1 amide bonds. The number of rotatable bonds is 7. The van der Waals surface area contributed by atoms with E-state index >= 15 is 0 Å². The van der Waals surface area contributed by atoms with Gasteiger partial charge in [-0.05, 0) is 68.1 Å². The zero-order chi connectivity index (χ0) is 23.7. The second-order valence-electron chi connectivity index (χ2n) is 8.21. The normalized spacial score (nSPS) is 13.1. The third kappa shape index (κ3) is 4.27. The van der Waals surface area contributed by atoms with E-state index in [-0.39, 0.29) is 17.3 Å². The quantitative estimate of drug-likeness (QED) is 0.419. The second-order valence-corrected chi connectivity index (χ2v) is 9.98. The molecule has 8 nitrogen and oxygen atoms in total. The van der Waals surface area contributed by atoms with Crippen LogP contribution in [-0.2, 0) is 29.4 Å².